The van der Waals surface area contributed by atoms with Crippen molar-refractivity contribution in [1.82, 2.24) is 0 Å². The first-order valence-electron chi connectivity index (χ1n) is 8.58. The van der Waals surface area contributed by atoms with Gasteiger partial charge in [0.25, 0.3) is 0 Å². The van der Waals surface area contributed by atoms with Gasteiger partial charge in [0.2, 0.25) is 0 Å². The third kappa shape index (κ3) is 4.62. The maximum Gasteiger partial charge on any atom is 0.387 e. The number of allylic oxidation sites excluding steroid dienone is 1. The monoisotopic (exact) mass is 380 g/mol. The van der Waals surface area contributed by atoms with Crippen LogP contribution in [-0.2, 0) is 0 Å². The second-order valence-corrected chi connectivity index (χ2v) is 5.90. The van der Waals surface area contributed by atoms with Crippen LogP contribution in [0.2, 0.25) is 0 Å². The lowest BCUT2D eigenvalue weighted by atomic mass is 10.0. The first-order valence-corrected chi connectivity index (χ1v) is 8.58. The summed E-state index contributed by atoms with van der Waals surface area (Å²) in [7, 11) is 1.36. The van der Waals surface area contributed by atoms with Crippen LogP contribution in [0.3, 0.4) is 0 Å². The highest BCUT2D eigenvalue weighted by atomic mass is 19.3. The summed E-state index contributed by atoms with van der Waals surface area (Å²) in [6.07, 6.45) is 2.76. The highest BCUT2D eigenvalue weighted by Crippen LogP contribution is 2.33. The topological polar surface area (TPSA) is 35.5 Å². The molecule has 3 nitrogen and oxygen atoms in total. The fraction of sp³-hybridized carbons (Fsp3) is 0.0870. The van der Waals surface area contributed by atoms with Gasteiger partial charge >= 0.3 is 6.61 Å². The van der Waals surface area contributed by atoms with Crippen LogP contribution in [0, 0.1) is 0 Å². The molecule has 0 spiro atoms. The summed E-state index contributed by atoms with van der Waals surface area (Å²) in [5.41, 5.74) is 2.88. The number of benzene rings is 3. The predicted molar refractivity (Wildman–Crippen MR) is 105 cm³/mol. The zero-order chi connectivity index (χ0) is 19.9. The minimum atomic E-state index is -3.00. The van der Waals surface area contributed by atoms with E-state index >= 15 is 0 Å². The number of para-hydroxylation sites is 1. The summed E-state index contributed by atoms with van der Waals surface area (Å²) in [4.78, 5) is 12.4. The van der Waals surface area contributed by atoms with Crippen molar-refractivity contribution in [3.8, 4) is 22.6 Å². The largest absolute Gasteiger partial charge is 0.493 e. The molecule has 0 heterocycles. The van der Waals surface area contributed by atoms with Crippen LogP contribution in [0.1, 0.15) is 15.9 Å². The molecule has 0 fully saturated rings. The molecule has 0 unspecified atom stereocenters. The molecule has 0 saturated heterocycles. The van der Waals surface area contributed by atoms with Crippen molar-refractivity contribution in [3.05, 3.63) is 90.0 Å². The summed E-state index contributed by atoms with van der Waals surface area (Å²) in [5.74, 6) is -0.184. The zero-order valence-electron chi connectivity index (χ0n) is 15.1. The van der Waals surface area contributed by atoms with Gasteiger partial charge in [-0.3, -0.25) is 4.79 Å². The standard InChI is InChI=1S/C23H18F2O3/c1-27-21-9-5-8-19(22(21)28-23(24)25)14-15-20(26)18-12-10-17(11-13-18)16-6-3-2-4-7-16/h2-15,23H,1H3/b15-14+. The fourth-order valence-corrected chi connectivity index (χ4v) is 2.76. The van der Waals surface area contributed by atoms with E-state index < -0.39 is 6.61 Å². The molecular formula is C23H18F2O3. The van der Waals surface area contributed by atoms with Crippen LogP contribution < -0.4 is 9.47 Å². The van der Waals surface area contributed by atoms with E-state index in [1.165, 1.54) is 25.3 Å². The molecule has 0 aliphatic heterocycles. The molecule has 5 heteroatoms. The Labute approximate surface area is 161 Å². The molecule has 0 radical (unpaired) electrons. The molecule has 0 N–H and O–H groups in total. The number of alkyl halides is 2. The molecule has 28 heavy (non-hydrogen) atoms. The predicted octanol–water partition coefficient (Wildman–Crippen LogP) is 5.86. The molecule has 0 bridgehead atoms. The van der Waals surface area contributed by atoms with Crippen molar-refractivity contribution in [1.29, 1.82) is 0 Å². The molecule has 0 aromatic heterocycles. The van der Waals surface area contributed by atoms with Gasteiger partial charge in [0.15, 0.2) is 17.3 Å². The average molecular weight is 380 g/mol. The molecule has 3 aromatic rings. The Morgan fingerprint density at radius 2 is 1.57 bits per heavy atom. The number of rotatable bonds is 7. The van der Waals surface area contributed by atoms with Crippen molar-refractivity contribution in [2.75, 3.05) is 7.11 Å². The highest BCUT2D eigenvalue weighted by molar-refractivity contribution is 6.07. The lowest BCUT2D eigenvalue weighted by molar-refractivity contribution is -0.0513. The summed E-state index contributed by atoms with van der Waals surface area (Å²) in [6.45, 7) is -3.00. The van der Waals surface area contributed by atoms with Crippen molar-refractivity contribution >= 4 is 11.9 Å². The molecular weight excluding hydrogens is 362 g/mol. The van der Waals surface area contributed by atoms with Crippen molar-refractivity contribution < 1.29 is 23.0 Å². The number of hydrogen-bond acceptors (Lipinski definition) is 3. The maximum atomic E-state index is 12.7. The summed E-state index contributed by atoms with van der Waals surface area (Å²) in [5, 5.41) is 0. The quantitative estimate of drug-likeness (QED) is 0.380. The first kappa shape index (κ1) is 19.3. The Kier molecular flexibility index (Phi) is 6.17. The van der Waals surface area contributed by atoms with Crippen LogP contribution >= 0.6 is 0 Å². The van der Waals surface area contributed by atoms with Gasteiger partial charge in [0, 0.05) is 11.1 Å². The Balaban J connectivity index is 1.80. The van der Waals surface area contributed by atoms with E-state index in [1.807, 2.05) is 42.5 Å². The lowest BCUT2D eigenvalue weighted by Crippen LogP contribution is -2.05. The van der Waals surface area contributed by atoms with Gasteiger partial charge in [-0.15, -0.1) is 0 Å². The Hall–Kier alpha value is -3.47. The number of carbonyl (C=O) groups excluding carboxylic acids is 1. The highest BCUT2D eigenvalue weighted by Gasteiger charge is 2.14. The van der Waals surface area contributed by atoms with Gasteiger partial charge in [-0.1, -0.05) is 66.7 Å². The maximum absolute atomic E-state index is 12.7. The lowest BCUT2D eigenvalue weighted by Gasteiger charge is -2.12. The van der Waals surface area contributed by atoms with E-state index in [4.69, 9.17) is 4.74 Å². The molecule has 3 rings (SSSR count). The van der Waals surface area contributed by atoms with E-state index in [0.29, 0.717) is 11.1 Å². The van der Waals surface area contributed by atoms with Crippen molar-refractivity contribution in [2.24, 2.45) is 0 Å². The number of carbonyl (C=O) groups is 1. The first-order chi connectivity index (χ1) is 13.6. The fourth-order valence-electron chi connectivity index (χ4n) is 2.76. The molecule has 0 amide bonds. The Morgan fingerprint density at radius 3 is 2.21 bits per heavy atom. The Morgan fingerprint density at radius 1 is 0.893 bits per heavy atom. The Bertz CT molecular complexity index is 965. The molecule has 0 aliphatic carbocycles. The van der Waals surface area contributed by atoms with Crippen LogP contribution in [0.5, 0.6) is 11.5 Å². The van der Waals surface area contributed by atoms with Crippen LogP contribution in [-0.4, -0.2) is 19.5 Å². The average Bonchev–Trinajstić information content (AvgIpc) is 2.73. The minimum Gasteiger partial charge on any atom is -0.493 e. The molecule has 0 aliphatic rings. The molecule has 0 atom stereocenters. The zero-order valence-corrected chi connectivity index (χ0v) is 15.1. The van der Waals surface area contributed by atoms with E-state index in [2.05, 4.69) is 4.74 Å². The van der Waals surface area contributed by atoms with Gasteiger partial charge in [0.05, 0.1) is 7.11 Å². The second kappa shape index (κ2) is 8.95. The molecule has 0 saturated carbocycles. The SMILES string of the molecule is COc1cccc(/C=C/C(=O)c2ccc(-c3ccccc3)cc2)c1OC(F)F. The van der Waals surface area contributed by atoms with E-state index in [9.17, 15) is 13.6 Å². The van der Waals surface area contributed by atoms with Gasteiger partial charge in [-0.05, 0) is 29.3 Å². The number of ketones is 1. The smallest absolute Gasteiger partial charge is 0.387 e. The number of methoxy groups -OCH3 is 1. The van der Waals surface area contributed by atoms with Crippen LogP contribution in [0.25, 0.3) is 17.2 Å². The van der Waals surface area contributed by atoms with E-state index in [0.717, 1.165) is 11.1 Å². The summed E-state index contributed by atoms with van der Waals surface area (Å²) >= 11 is 0. The van der Waals surface area contributed by atoms with E-state index in [-0.39, 0.29) is 17.3 Å². The van der Waals surface area contributed by atoms with Gasteiger partial charge in [-0.25, -0.2) is 0 Å². The number of hydrogen-bond donors (Lipinski definition) is 0. The van der Waals surface area contributed by atoms with Gasteiger partial charge in [-0.2, -0.15) is 8.78 Å². The number of ether oxygens (including phenoxy) is 2. The van der Waals surface area contributed by atoms with Crippen molar-refractivity contribution in [2.45, 2.75) is 6.61 Å². The third-order valence-electron chi connectivity index (χ3n) is 4.13. The van der Waals surface area contributed by atoms with Crippen molar-refractivity contribution in [3.63, 3.8) is 0 Å². The van der Waals surface area contributed by atoms with E-state index in [1.54, 1.807) is 24.3 Å². The normalized spacial score (nSPS) is 11.0. The summed E-state index contributed by atoms with van der Waals surface area (Å²) in [6, 6.07) is 21.7. The molecule has 3 aromatic carbocycles. The minimum absolute atomic E-state index is 0.108. The molecule has 142 valence electrons. The van der Waals surface area contributed by atoms with Crippen LogP contribution in [0.15, 0.2) is 78.9 Å². The summed E-state index contributed by atoms with van der Waals surface area (Å²) < 4.78 is 35.0. The number of halogens is 2. The second-order valence-electron chi connectivity index (χ2n) is 5.90. The van der Waals surface area contributed by atoms with Gasteiger partial charge < -0.3 is 9.47 Å². The van der Waals surface area contributed by atoms with Crippen LogP contribution in [0.4, 0.5) is 8.78 Å². The third-order valence-corrected chi connectivity index (χ3v) is 4.13. The van der Waals surface area contributed by atoms with Gasteiger partial charge in [0.1, 0.15) is 0 Å².